The number of carboxylic acid groups (broad SMARTS) is 1. The van der Waals surface area contributed by atoms with E-state index >= 15 is 0 Å². The van der Waals surface area contributed by atoms with E-state index in [0.717, 1.165) is 29.4 Å². The number of hydrogen-bond donors (Lipinski definition) is 1. The molecule has 1 atom stereocenters. The van der Waals surface area contributed by atoms with Crippen LogP contribution in [0.5, 0.6) is 0 Å². The van der Waals surface area contributed by atoms with E-state index in [0.29, 0.717) is 6.61 Å². The van der Waals surface area contributed by atoms with Crippen LogP contribution < -0.4 is 0 Å². The van der Waals surface area contributed by atoms with Crippen molar-refractivity contribution in [3.8, 4) is 11.3 Å². The molecule has 1 aliphatic heterocycles. The Balaban J connectivity index is 1.97. The zero-order valence-corrected chi connectivity index (χ0v) is 12.3. The molecule has 1 N–H and O–H groups in total. The predicted molar refractivity (Wildman–Crippen MR) is 80.5 cm³/mol. The maximum Gasteiger partial charge on any atom is 0.313 e. The van der Waals surface area contributed by atoms with Gasteiger partial charge in [0, 0.05) is 6.61 Å². The third-order valence-electron chi connectivity index (χ3n) is 3.43. The lowest BCUT2D eigenvalue weighted by Gasteiger charge is -2.17. The van der Waals surface area contributed by atoms with Gasteiger partial charge in [-0.1, -0.05) is 42.1 Å². The highest BCUT2D eigenvalue weighted by atomic mass is 32.2. The fourth-order valence-corrected chi connectivity index (χ4v) is 3.24. The van der Waals surface area contributed by atoms with Crippen LogP contribution in [0.3, 0.4) is 0 Å². The Bertz CT molecular complexity index is 621. The minimum absolute atomic E-state index is 0.0127. The Labute approximate surface area is 127 Å². The monoisotopic (exact) mass is 304 g/mol. The molecule has 5 nitrogen and oxygen atoms in total. The van der Waals surface area contributed by atoms with Crippen LogP contribution in [-0.2, 0) is 9.53 Å². The van der Waals surface area contributed by atoms with Crippen molar-refractivity contribution < 1.29 is 14.6 Å². The number of benzene rings is 1. The number of hydrogen-bond acceptors (Lipinski definition) is 4. The van der Waals surface area contributed by atoms with Gasteiger partial charge < -0.3 is 14.4 Å². The van der Waals surface area contributed by atoms with Crippen molar-refractivity contribution >= 4 is 17.7 Å². The van der Waals surface area contributed by atoms with Gasteiger partial charge in [-0.25, -0.2) is 4.98 Å². The van der Waals surface area contributed by atoms with Gasteiger partial charge in [0.15, 0.2) is 5.16 Å². The van der Waals surface area contributed by atoms with Crippen LogP contribution >= 0.6 is 11.8 Å². The van der Waals surface area contributed by atoms with E-state index in [9.17, 15) is 4.79 Å². The van der Waals surface area contributed by atoms with Gasteiger partial charge in [0.25, 0.3) is 0 Å². The molecule has 2 aromatic rings. The first-order valence-electron chi connectivity index (χ1n) is 6.80. The molecule has 1 fully saturated rings. The molecule has 0 bridgehead atoms. The van der Waals surface area contributed by atoms with Gasteiger partial charge in [-0.2, -0.15) is 0 Å². The number of imidazole rings is 1. The van der Waals surface area contributed by atoms with Gasteiger partial charge in [-0.05, 0) is 12.0 Å². The number of carbonyl (C=O) groups is 1. The zero-order chi connectivity index (χ0) is 14.7. The summed E-state index contributed by atoms with van der Waals surface area (Å²) in [6.45, 7) is 1.39. The molecule has 1 aromatic carbocycles. The van der Waals surface area contributed by atoms with E-state index in [1.807, 2.05) is 36.5 Å². The second-order valence-electron chi connectivity index (χ2n) is 4.86. The van der Waals surface area contributed by atoms with Gasteiger partial charge >= 0.3 is 5.97 Å². The summed E-state index contributed by atoms with van der Waals surface area (Å²) in [4.78, 5) is 15.2. The highest BCUT2D eigenvalue weighted by Gasteiger charge is 2.24. The van der Waals surface area contributed by atoms with Gasteiger partial charge in [0.2, 0.25) is 0 Å². The lowest BCUT2D eigenvalue weighted by molar-refractivity contribution is -0.133. The van der Waals surface area contributed by atoms with E-state index in [-0.39, 0.29) is 11.8 Å². The van der Waals surface area contributed by atoms with E-state index in [1.165, 1.54) is 11.8 Å². The Morgan fingerprint density at radius 1 is 1.43 bits per heavy atom. The molecule has 1 unspecified atom stereocenters. The van der Waals surface area contributed by atoms with Gasteiger partial charge in [0.1, 0.15) is 0 Å². The second-order valence-corrected chi connectivity index (χ2v) is 5.80. The van der Waals surface area contributed by atoms with Crippen molar-refractivity contribution in [3.05, 3.63) is 36.5 Å². The lowest BCUT2D eigenvalue weighted by atomic mass is 10.1. The molecule has 3 rings (SSSR count). The second kappa shape index (κ2) is 6.32. The number of aliphatic carboxylic acids is 1. The minimum atomic E-state index is -0.835. The molecule has 21 heavy (non-hydrogen) atoms. The van der Waals surface area contributed by atoms with Crippen LogP contribution in [0.4, 0.5) is 0 Å². The number of aromatic nitrogens is 2. The quantitative estimate of drug-likeness (QED) is 0.860. The summed E-state index contributed by atoms with van der Waals surface area (Å²) in [6, 6.07) is 10.2. The number of nitrogens with zero attached hydrogens (tertiary/aromatic N) is 2. The maximum atomic E-state index is 10.8. The van der Waals surface area contributed by atoms with Crippen LogP contribution in [0.1, 0.15) is 12.5 Å². The maximum absolute atomic E-state index is 10.8. The molecule has 0 saturated carbocycles. The van der Waals surface area contributed by atoms with Crippen LogP contribution in [0, 0.1) is 0 Å². The third kappa shape index (κ3) is 3.11. The molecule has 0 aliphatic carbocycles. The molecular formula is C15H16N2O3S. The first-order chi connectivity index (χ1) is 10.3. The molecule has 1 aromatic heterocycles. The number of ether oxygens (including phenoxy) is 1. The summed E-state index contributed by atoms with van der Waals surface area (Å²) in [5.74, 6) is -0.822. The smallest absolute Gasteiger partial charge is 0.313 e. The molecule has 1 saturated heterocycles. The average molecular weight is 304 g/mol. The lowest BCUT2D eigenvalue weighted by Crippen LogP contribution is -2.12. The molecule has 0 amide bonds. The molecule has 2 heterocycles. The molecule has 0 radical (unpaired) electrons. The van der Waals surface area contributed by atoms with E-state index in [4.69, 9.17) is 9.84 Å². The zero-order valence-electron chi connectivity index (χ0n) is 11.4. The Hall–Kier alpha value is -1.79. The third-order valence-corrected chi connectivity index (χ3v) is 4.38. The summed E-state index contributed by atoms with van der Waals surface area (Å²) in [7, 11) is 0. The summed E-state index contributed by atoms with van der Waals surface area (Å²) < 4.78 is 7.60. The van der Waals surface area contributed by atoms with Crippen molar-refractivity contribution in [2.75, 3.05) is 19.0 Å². The first-order valence-corrected chi connectivity index (χ1v) is 7.79. The van der Waals surface area contributed by atoms with Crippen molar-refractivity contribution in [2.24, 2.45) is 0 Å². The largest absolute Gasteiger partial charge is 0.481 e. The minimum Gasteiger partial charge on any atom is -0.481 e. The van der Waals surface area contributed by atoms with E-state index < -0.39 is 5.97 Å². The Kier molecular flexibility index (Phi) is 4.26. The van der Waals surface area contributed by atoms with Crippen LogP contribution in [-0.4, -0.2) is 39.6 Å². The van der Waals surface area contributed by atoms with E-state index in [2.05, 4.69) is 9.55 Å². The fourth-order valence-electron chi connectivity index (χ4n) is 2.48. The van der Waals surface area contributed by atoms with Gasteiger partial charge in [-0.3, -0.25) is 4.79 Å². The number of carboxylic acids is 1. The average Bonchev–Trinajstić information content (AvgIpc) is 3.15. The highest BCUT2D eigenvalue weighted by molar-refractivity contribution is 7.99. The molecule has 1 aliphatic rings. The predicted octanol–water partition coefficient (Wildman–Crippen LogP) is 2.69. The number of thioether (sulfide) groups is 1. The molecule has 0 spiro atoms. The molecular weight excluding hydrogens is 288 g/mol. The van der Waals surface area contributed by atoms with Crippen LogP contribution in [0.25, 0.3) is 11.3 Å². The van der Waals surface area contributed by atoms with Crippen molar-refractivity contribution in [1.29, 1.82) is 0 Å². The fraction of sp³-hybridized carbons (Fsp3) is 0.333. The van der Waals surface area contributed by atoms with E-state index in [1.54, 1.807) is 0 Å². The van der Waals surface area contributed by atoms with Crippen LogP contribution in [0.15, 0.2) is 41.7 Å². The summed E-state index contributed by atoms with van der Waals surface area (Å²) in [6.07, 6.45) is 2.74. The summed E-state index contributed by atoms with van der Waals surface area (Å²) >= 11 is 1.25. The summed E-state index contributed by atoms with van der Waals surface area (Å²) in [5, 5.41) is 9.61. The molecule has 6 heteroatoms. The standard InChI is InChI=1S/C15H16N2O3S/c18-14(19)10-21-15-16-8-13(11-4-2-1-3-5-11)17(15)12-6-7-20-9-12/h1-5,8,12H,6-7,9-10H2,(H,18,19). The van der Waals surface area contributed by atoms with Crippen LogP contribution in [0.2, 0.25) is 0 Å². The van der Waals surface area contributed by atoms with Crippen molar-refractivity contribution in [1.82, 2.24) is 9.55 Å². The van der Waals surface area contributed by atoms with Gasteiger partial charge in [-0.15, -0.1) is 0 Å². The Morgan fingerprint density at radius 3 is 2.90 bits per heavy atom. The SMILES string of the molecule is O=C(O)CSc1ncc(-c2ccccc2)n1C1CCOC1. The highest BCUT2D eigenvalue weighted by Crippen LogP contribution is 2.32. The topological polar surface area (TPSA) is 64.3 Å². The van der Waals surface area contributed by atoms with Crippen molar-refractivity contribution in [3.63, 3.8) is 0 Å². The number of rotatable bonds is 5. The first kappa shape index (κ1) is 14.2. The normalized spacial score (nSPS) is 18.0. The Morgan fingerprint density at radius 2 is 2.24 bits per heavy atom. The van der Waals surface area contributed by atoms with Crippen molar-refractivity contribution in [2.45, 2.75) is 17.6 Å². The molecule has 110 valence electrons. The summed E-state index contributed by atoms with van der Waals surface area (Å²) in [5.41, 5.74) is 2.10. The van der Waals surface area contributed by atoms with Gasteiger partial charge in [0.05, 0.1) is 30.3 Å².